The quantitative estimate of drug-likeness (QED) is 0.762. The van der Waals surface area contributed by atoms with Gasteiger partial charge in [-0.1, -0.05) is 11.6 Å². The molecule has 1 amide bonds. The number of carbonyl (C=O) groups is 2. The molecule has 2 rings (SSSR count). The molecule has 1 aromatic heterocycles. The number of methoxy groups -OCH3 is 1. The Bertz CT molecular complexity index is 487. The molecule has 0 aliphatic carbocycles. The van der Waals surface area contributed by atoms with Gasteiger partial charge in [0.25, 0.3) is 5.91 Å². The molecule has 0 unspecified atom stereocenters. The Morgan fingerprint density at radius 3 is 2.63 bits per heavy atom. The lowest BCUT2D eigenvalue weighted by atomic mass is 9.97. The van der Waals surface area contributed by atoms with Crippen molar-refractivity contribution in [3.63, 3.8) is 0 Å². The monoisotopic (exact) mass is 283 g/mol. The van der Waals surface area contributed by atoms with Crippen molar-refractivity contribution in [3.05, 3.63) is 23.2 Å². The second-order valence-electron chi connectivity index (χ2n) is 4.32. The van der Waals surface area contributed by atoms with Crippen molar-refractivity contribution in [2.24, 2.45) is 5.92 Å². The molecule has 0 N–H and O–H groups in total. The number of ether oxygens (including phenoxy) is 1. The highest BCUT2D eigenvalue weighted by atomic mass is 35.5. The van der Waals surface area contributed by atoms with E-state index in [1.54, 1.807) is 4.90 Å². The zero-order valence-corrected chi connectivity index (χ0v) is 11.3. The molecule has 0 saturated carbocycles. The van der Waals surface area contributed by atoms with Crippen molar-refractivity contribution < 1.29 is 14.3 Å². The van der Waals surface area contributed by atoms with Gasteiger partial charge in [-0.15, -0.1) is 0 Å². The minimum absolute atomic E-state index is 0.125. The van der Waals surface area contributed by atoms with E-state index in [-0.39, 0.29) is 28.6 Å². The van der Waals surface area contributed by atoms with E-state index in [4.69, 9.17) is 16.3 Å². The largest absolute Gasteiger partial charge is 0.469 e. The first-order valence-corrected chi connectivity index (χ1v) is 6.34. The Kier molecular flexibility index (Phi) is 4.31. The number of aromatic nitrogens is 2. The van der Waals surface area contributed by atoms with Gasteiger partial charge in [-0.05, 0) is 12.8 Å². The van der Waals surface area contributed by atoms with Crippen molar-refractivity contribution in [1.82, 2.24) is 14.9 Å². The first-order valence-electron chi connectivity index (χ1n) is 5.96. The molecule has 102 valence electrons. The molecule has 2 heterocycles. The van der Waals surface area contributed by atoms with E-state index < -0.39 is 0 Å². The van der Waals surface area contributed by atoms with E-state index in [2.05, 4.69) is 9.97 Å². The van der Waals surface area contributed by atoms with E-state index in [1.807, 2.05) is 0 Å². The van der Waals surface area contributed by atoms with E-state index in [0.29, 0.717) is 25.9 Å². The van der Waals surface area contributed by atoms with Gasteiger partial charge in [-0.2, -0.15) is 0 Å². The van der Waals surface area contributed by atoms with Gasteiger partial charge >= 0.3 is 5.97 Å². The lowest BCUT2D eigenvalue weighted by Crippen LogP contribution is -2.40. The summed E-state index contributed by atoms with van der Waals surface area (Å²) in [5.74, 6) is -0.549. The normalized spacial score (nSPS) is 16.2. The van der Waals surface area contributed by atoms with Crippen LogP contribution in [0.1, 0.15) is 23.3 Å². The Hall–Kier alpha value is -1.69. The Labute approximate surface area is 115 Å². The molecule has 0 atom stereocenters. The summed E-state index contributed by atoms with van der Waals surface area (Å²) in [6.45, 7) is 1.01. The molecule has 1 saturated heterocycles. The SMILES string of the molecule is COC(=O)C1CCN(C(=O)c2cncc(Cl)n2)CC1. The topological polar surface area (TPSA) is 72.4 Å². The van der Waals surface area contributed by atoms with Crippen molar-refractivity contribution in [2.75, 3.05) is 20.2 Å². The number of amides is 1. The minimum Gasteiger partial charge on any atom is -0.469 e. The minimum atomic E-state index is -0.213. The number of carbonyl (C=O) groups excluding carboxylic acids is 2. The summed E-state index contributed by atoms with van der Waals surface area (Å²) in [5.41, 5.74) is 0.226. The molecule has 0 bridgehead atoms. The maximum Gasteiger partial charge on any atom is 0.308 e. The first-order chi connectivity index (χ1) is 9.11. The molecule has 6 nitrogen and oxygen atoms in total. The van der Waals surface area contributed by atoms with Gasteiger partial charge in [0.1, 0.15) is 10.8 Å². The lowest BCUT2D eigenvalue weighted by molar-refractivity contribution is -0.146. The fourth-order valence-corrected chi connectivity index (χ4v) is 2.24. The van der Waals surface area contributed by atoms with E-state index in [0.717, 1.165) is 0 Å². The third kappa shape index (κ3) is 3.20. The highest BCUT2D eigenvalue weighted by Crippen LogP contribution is 2.19. The number of esters is 1. The van der Waals surface area contributed by atoms with Crippen LogP contribution >= 0.6 is 11.6 Å². The predicted octanol–water partition coefficient (Wildman–Crippen LogP) is 1.16. The van der Waals surface area contributed by atoms with Gasteiger partial charge < -0.3 is 9.64 Å². The molecule has 0 radical (unpaired) electrons. The number of hydrogen-bond donors (Lipinski definition) is 0. The van der Waals surface area contributed by atoms with Gasteiger partial charge in [-0.3, -0.25) is 14.6 Å². The summed E-state index contributed by atoms with van der Waals surface area (Å²) in [6.07, 6.45) is 3.97. The summed E-state index contributed by atoms with van der Waals surface area (Å²) in [5, 5.41) is 0.190. The second kappa shape index (κ2) is 5.97. The summed E-state index contributed by atoms with van der Waals surface area (Å²) in [7, 11) is 1.38. The van der Waals surface area contributed by atoms with Gasteiger partial charge in [-0.25, -0.2) is 4.98 Å². The van der Waals surface area contributed by atoms with Crippen molar-refractivity contribution in [3.8, 4) is 0 Å². The van der Waals surface area contributed by atoms with Crippen LogP contribution in [0.4, 0.5) is 0 Å². The van der Waals surface area contributed by atoms with Crippen LogP contribution in [-0.4, -0.2) is 46.9 Å². The lowest BCUT2D eigenvalue weighted by Gasteiger charge is -2.30. The molecule has 7 heteroatoms. The van der Waals surface area contributed by atoms with Crippen LogP contribution in [0.25, 0.3) is 0 Å². The predicted molar refractivity (Wildman–Crippen MR) is 67.7 cm³/mol. The molecular weight excluding hydrogens is 270 g/mol. The fourth-order valence-electron chi connectivity index (χ4n) is 2.09. The van der Waals surface area contributed by atoms with E-state index in [9.17, 15) is 9.59 Å². The summed E-state index contributed by atoms with van der Waals surface area (Å²) in [4.78, 5) is 33.0. The van der Waals surface area contributed by atoms with Gasteiger partial charge in [0.15, 0.2) is 0 Å². The van der Waals surface area contributed by atoms with Crippen molar-refractivity contribution in [1.29, 1.82) is 0 Å². The number of halogens is 1. The first kappa shape index (κ1) is 13.7. The number of nitrogens with zero attached hydrogens (tertiary/aromatic N) is 3. The van der Waals surface area contributed by atoms with Gasteiger partial charge in [0.05, 0.1) is 25.4 Å². The zero-order chi connectivity index (χ0) is 13.8. The van der Waals surface area contributed by atoms with Crippen LogP contribution in [-0.2, 0) is 9.53 Å². The Morgan fingerprint density at radius 1 is 1.37 bits per heavy atom. The van der Waals surface area contributed by atoms with Crippen LogP contribution in [0.5, 0.6) is 0 Å². The van der Waals surface area contributed by atoms with E-state index in [1.165, 1.54) is 19.5 Å². The highest BCUT2D eigenvalue weighted by Gasteiger charge is 2.28. The third-order valence-corrected chi connectivity index (χ3v) is 3.32. The number of hydrogen-bond acceptors (Lipinski definition) is 5. The van der Waals surface area contributed by atoms with Crippen LogP contribution < -0.4 is 0 Å². The fraction of sp³-hybridized carbons (Fsp3) is 0.500. The van der Waals surface area contributed by atoms with Crippen LogP contribution in [0.2, 0.25) is 5.15 Å². The molecule has 1 aliphatic heterocycles. The standard InChI is InChI=1S/C12H14ClN3O3/c1-19-12(18)8-2-4-16(5-3-8)11(17)9-6-14-7-10(13)15-9/h6-8H,2-5H2,1H3. The number of piperidine rings is 1. The van der Waals surface area contributed by atoms with Crippen molar-refractivity contribution >= 4 is 23.5 Å². The van der Waals surface area contributed by atoms with Crippen LogP contribution in [0.15, 0.2) is 12.4 Å². The Morgan fingerprint density at radius 2 is 2.05 bits per heavy atom. The summed E-state index contributed by atoms with van der Waals surface area (Å²) in [6, 6.07) is 0. The van der Waals surface area contributed by atoms with Gasteiger partial charge in [0, 0.05) is 13.1 Å². The zero-order valence-electron chi connectivity index (χ0n) is 10.5. The number of rotatable bonds is 2. The average molecular weight is 284 g/mol. The highest BCUT2D eigenvalue weighted by molar-refractivity contribution is 6.29. The molecular formula is C12H14ClN3O3. The maximum absolute atomic E-state index is 12.1. The summed E-state index contributed by atoms with van der Waals surface area (Å²) >= 11 is 5.71. The maximum atomic E-state index is 12.1. The average Bonchev–Trinajstić information content (AvgIpc) is 2.46. The van der Waals surface area contributed by atoms with Crippen LogP contribution in [0, 0.1) is 5.92 Å². The molecule has 1 aromatic rings. The smallest absolute Gasteiger partial charge is 0.308 e. The summed E-state index contributed by atoms with van der Waals surface area (Å²) < 4.78 is 4.70. The van der Waals surface area contributed by atoms with Gasteiger partial charge in [0.2, 0.25) is 0 Å². The third-order valence-electron chi connectivity index (χ3n) is 3.14. The number of likely N-dealkylation sites (tertiary alicyclic amines) is 1. The van der Waals surface area contributed by atoms with Crippen LogP contribution in [0.3, 0.4) is 0 Å². The van der Waals surface area contributed by atoms with Crippen molar-refractivity contribution in [2.45, 2.75) is 12.8 Å². The van der Waals surface area contributed by atoms with E-state index >= 15 is 0 Å². The molecule has 1 aliphatic rings. The molecule has 19 heavy (non-hydrogen) atoms. The molecule has 0 spiro atoms. The molecule has 0 aromatic carbocycles. The molecule has 1 fully saturated rings. The Balaban J connectivity index is 1.98. The second-order valence-corrected chi connectivity index (χ2v) is 4.70.